The molecule has 1 aliphatic heterocycles. The Labute approximate surface area is 90.1 Å². The third kappa shape index (κ3) is 4.27. The highest BCUT2D eigenvalue weighted by atomic mass is 16.7. The van der Waals surface area contributed by atoms with Crippen molar-refractivity contribution in [2.24, 2.45) is 0 Å². The van der Waals surface area contributed by atoms with Crippen LogP contribution in [0.3, 0.4) is 0 Å². The van der Waals surface area contributed by atoms with Gasteiger partial charge >= 0.3 is 5.97 Å². The van der Waals surface area contributed by atoms with Crippen molar-refractivity contribution >= 4 is 5.97 Å². The highest BCUT2D eigenvalue weighted by Gasteiger charge is 2.15. The summed E-state index contributed by atoms with van der Waals surface area (Å²) in [5.41, 5.74) is 0.612. The Hall–Kier alpha value is -1.13. The standard InChI is InChI=1S/C11H17NO3/c1-3-4-5-10(2)11(13)15-12-6-8-14-9-7-12/h3,5H,1,4,6-9H2,2H3. The van der Waals surface area contributed by atoms with E-state index in [1.54, 1.807) is 24.1 Å². The summed E-state index contributed by atoms with van der Waals surface area (Å²) in [6, 6.07) is 0. The molecule has 0 aliphatic carbocycles. The van der Waals surface area contributed by atoms with E-state index in [1.807, 2.05) is 0 Å². The summed E-state index contributed by atoms with van der Waals surface area (Å²) >= 11 is 0. The Morgan fingerprint density at radius 3 is 2.80 bits per heavy atom. The van der Waals surface area contributed by atoms with Crippen LogP contribution >= 0.6 is 0 Å². The number of nitrogens with zero attached hydrogens (tertiary/aromatic N) is 1. The minimum absolute atomic E-state index is 0.293. The molecule has 1 heterocycles. The van der Waals surface area contributed by atoms with Crippen LogP contribution in [0.15, 0.2) is 24.3 Å². The molecule has 84 valence electrons. The molecule has 0 atom stereocenters. The molecule has 0 aromatic carbocycles. The van der Waals surface area contributed by atoms with Gasteiger partial charge in [0.2, 0.25) is 0 Å². The summed E-state index contributed by atoms with van der Waals surface area (Å²) in [4.78, 5) is 16.7. The van der Waals surface area contributed by atoms with Crippen LogP contribution in [0.5, 0.6) is 0 Å². The van der Waals surface area contributed by atoms with E-state index in [0.717, 1.165) is 0 Å². The van der Waals surface area contributed by atoms with E-state index in [1.165, 1.54) is 0 Å². The molecular formula is C11H17NO3. The minimum atomic E-state index is -0.293. The predicted molar refractivity (Wildman–Crippen MR) is 57.1 cm³/mol. The summed E-state index contributed by atoms with van der Waals surface area (Å²) in [6.07, 6.45) is 4.23. The Kier molecular flexibility index (Phi) is 5.07. The van der Waals surface area contributed by atoms with Crippen molar-refractivity contribution in [3.8, 4) is 0 Å². The molecular weight excluding hydrogens is 194 g/mol. The maximum atomic E-state index is 11.5. The fourth-order valence-electron chi connectivity index (χ4n) is 1.17. The monoisotopic (exact) mass is 211 g/mol. The zero-order chi connectivity index (χ0) is 11.1. The Bertz CT molecular complexity index is 255. The van der Waals surface area contributed by atoms with Gasteiger partial charge in [-0.1, -0.05) is 12.2 Å². The SMILES string of the molecule is C=CCC=C(C)C(=O)ON1CCOCC1. The van der Waals surface area contributed by atoms with Crippen LogP contribution in [0.2, 0.25) is 0 Å². The Balaban J connectivity index is 2.36. The van der Waals surface area contributed by atoms with Crippen LogP contribution in [0.4, 0.5) is 0 Å². The van der Waals surface area contributed by atoms with Crippen molar-refractivity contribution in [1.82, 2.24) is 5.06 Å². The van der Waals surface area contributed by atoms with Gasteiger partial charge < -0.3 is 9.57 Å². The van der Waals surface area contributed by atoms with Crippen molar-refractivity contribution in [2.75, 3.05) is 26.3 Å². The average molecular weight is 211 g/mol. The molecule has 0 spiro atoms. The van der Waals surface area contributed by atoms with E-state index in [0.29, 0.717) is 38.3 Å². The lowest BCUT2D eigenvalue weighted by atomic mass is 10.2. The van der Waals surface area contributed by atoms with Crippen molar-refractivity contribution < 1.29 is 14.4 Å². The average Bonchev–Trinajstić information content (AvgIpc) is 2.27. The number of ether oxygens (including phenoxy) is 1. The first-order chi connectivity index (χ1) is 7.24. The zero-order valence-corrected chi connectivity index (χ0v) is 9.07. The highest BCUT2D eigenvalue weighted by Crippen LogP contribution is 2.04. The minimum Gasteiger partial charge on any atom is -0.379 e. The smallest absolute Gasteiger partial charge is 0.352 e. The number of morpholine rings is 1. The van der Waals surface area contributed by atoms with E-state index in [2.05, 4.69) is 6.58 Å². The third-order valence-corrected chi connectivity index (χ3v) is 2.09. The van der Waals surface area contributed by atoms with Gasteiger partial charge in [0.1, 0.15) is 0 Å². The summed E-state index contributed by atoms with van der Waals surface area (Å²) in [5, 5.41) is 1.64. The molecule has 0 unspecified atom stereocenters. The normalized spacial score (nSPS) is 18.6. The molecule has 1 fully saturated rings. The molecule has 0 aromatic rings. The van der Waals surface area contributed by atoms with Gasteiger partial charge in [-0.05, 0) is 13.3 Å². The van der Waals surface area contributed by atoms with E-state index >= 15 is 0 Å². The Morgan fingerprint density at radius 1 is 1.53 bits per heavy atom. The Morgan fingerprint density at radius 2 is 2.20 bits per heavy atom. The second-order valence-electron chi connectivity index (χ2n) is 3.33. The molecule has 15 heavy (non-hydrogen) atoms. The molecule has 0 radical (unpaired) electrons. The van der Waals surface area contributed by atoms with Gasteiger partial charge in [-0.15, -0.1) is 11.6 Å². The maximum Gasteiger partial charge on any atom is 0.352 e. The first-order valence-corrected chi connectivity index (χ1v) is 5.06. The predicted octanol–water partition coefficient (Wildman–Crippen LogP) is 1.30. The van der Waals surface area contributed by atoms with E-state index in [4.69, 9.17) is 9.57 Å². The third-order valence-electron chi connectivity index (χ3n) is 2.09. The number of allylic oxidation sites excluding steroid dienone is 2. The number of hydrogen-bond acceptors (Lipinski definition) is 4. The fraction of sp³-hybridized carbons (Fsp3) is 0.545. The molecule has 4 nitrogen and oxygen atoms in total. The number of hydroxylamine groups is 2. The molecule has 0 saturated carbocycles. The van der Waals surface area contributed by atoms with Crippen LogP contribution < -0.4 is 0 Å². The molecule has 1 rings (SSSR count). The van der Waals surface area contributed by atoms with Gasteiger partial charge in [-0.25, -0.2) is 4.79 Å². The van der Waals surface area contributed by atoms with Crippen LogP contribution in [-0.4, -0.2) is 37.3 Å². The van der Waals surface area contributed by atoms with Crippen LogP contribution in [0.1, 0.15) is 13.3 Å². The van der Waals surface area contributed by atoms with Crippen LogP contribution in [-0.2, 0) is 14.4 Å². The second-order valence-corrected chi connectivity index (χ2v) is 3.33. The van der Waals surface area contributed by atoms with Gasteiger partial charge in [0.25, 0.3) is 0 Å². The first kappa shape index (κ1) is 11.9. The lowest BCUT2D eigenvalue weighted by Crippen LogP contribution is -2.38. The number of carbonyl (C=O) groups excluding carboxylic acids is 1. The highest BCUT2D eigenvalue weighted by molar-refractivity contribution is 5.87. The molecule has 1 aliphatic rings. The molecule has 0 amide bonds. The zero-order valence-electron chi connectivity index (χ0n) is 9.07. The first-order valence-electron chi connectivity index (χ1n) is 5.06. The van der Waals surface area contributed by atoms with Crippen molar-refractivity contribution in [2.45, 2.75) is 13.3 Å². The van der Waals surface area contributed by atoms with E-state index < -0.39 is 0 Å². The van der Waals surface area contributed by atoms with Gasteiger partial charge in [0, 0.05) is 5.57 Å². The van der Waals surface area contributed by atoms with Gasteiger partial charge in [0.15, 0.2) is 0 Å². The van der Waals surface area contributed by atoms with Crippen molar-refractivity contribution in [1.29, 1.82) is 0 Å². The van der Waals surface area contributed by atoms with Crippen molar-refractivity contribution in [3.63, 3.8) is 0 Å². The molecule has 0 bridgehead atoms. The van der Waals surface area contributed by atoms with Gasteiger partial charge in [-0.3, -0.25) is 0 Å². The van der Waals surface area contributed by atoms with E-state index in [9.17, 15) is 4.79 Å². The lowest BCUT2D eigenvalue weighted by molar-refractivity contribution is -0.200. The van der Waals surface area contributed by atoms with Gasteiger partial charge in [0.05, 0.1) is 26.3 Å². The van der Waals surface area contributed by atoms with Crippen molar-refractivity contribution in [3.05, 3.63) is 24.3 Å². The number of rotatable bonds is 4. The topological polar surface area (TPSA) is 38.8 Å². The summed E-state index contributed by atoms with van der Waals surface area (Å²) in [6.45, 7) is 7.83. The molecule has 0 N–H and O–H groups in total. The fourth-order valence-corrected chi connectivity index (χ4v) is 1.17. The maximum absolute atomic E-state index is 11.5. The second kappa shape index (κ2) is 6.37. The number of carbonyl (C=O) groups is 1. The van der Waals surface area contributed by atoms with E-state index in [-0.39, 0.29) is 5.97 Å². The largest absolute Gasteiger partial charge is 0.379 e. The summed E-state index contributed by atoms with van der Waals surface area (Å²) in [7, 11) is 0. The van der Waals surface area contributed by atoms with Gasteiger partial charge in [-0.2, -0.15) is 0 Å². The quantitative estimate of drug-likeness (QED) is 0.519. The molecule has 4 heteroatoms. The van der Waals surface area contributed by atoms with Crippen LogP contribution in [0, 0.1) is 0 Å². The van der Waals surface area contributed by atoms with Crippen LogP contribution in [0.25, 0.3) is 0 Å². The summed E-state index contributed by atoms with van der Waals surface area (Å²) < 4.78 is 5.15. The summed E-state index contributed by atoms with van der Waals surface area (Å²) in [5.74, 6) is -0.293. The molecule has 0 aromatic heterocycles. The molecule has 1 saturated heterocycles. The number of hydrogen-bond donors (Lipinski definition) is 0. The lowest BCUT2D eigenvalue weighted by Gasteiger charge is -2.25.